The zero-order valence-corrected chi connectivity index (χ0v) is 8.10. The van der Waals surface area contributed by atoms with E-state index < -0.39 is 5.97 Å². The highest BCUT2D eigenvalue weighted by Gasteiger charge is 2.20. The van der Waals surface area contributed by atoms with Crippen LogP contribution in [0.2, 0.25) is 0 Å². The smallest absolute Gasteiger partial charge is 0.351 e. The Hall–Kier alpha value is -1.97. The molecule has 1 aromatic carbocycles. The molecule has 0 aromatic heterocycles. The molecule has 78 valence electrons. The van der Waals surface area contributed by atoms with Crippen molar-refractivity contribution in [1.29, 1.82) is 0 Å². The topological polar surface area (TPSA) is 75.3 Å². The van der Waals surface area contributed by atoms with Crippen LogP contribution in [-0.2, 0) is 4.79 Å². The molecular formula is C11H12N2O2. The van der Waals surface area contributed by atoms with E-state index in [4.69, 9.17) is 10.8 Å². The average molecular weight is 204 g/mol. The fourth-order valence-electron chi connectivity index (χ4n) is 1.75. The third-order valence-corrected chi connectivity index (χ3v) is 2.50. The quantitative estimate of drug-likeness (QED) is 0.631. The van der Waals surface area contributed by atoms with E-state index in [1.165, 1.54) is 0 Å². The fraction of sp³-hybridized carbons (Fsp3) is 0.182. The minimum absolute atomic E-state index is 0.0531. The number of nitrogens with two attached hydrogens (primary N) is 1. The zero-order valence-electron chi connectivity index (χ0n) is 8.10. The molecule has 1 aliphatic rings. The Kier molecular flexibility index (Phi) is 2.33. The lowest BCUT2D eigenvalue weighted by atomic mass is 10.0. The molecule has 0 saturated carbocycles. The van der Waals surface area contributed by atoms with Crippen LogP contribution in [0.15, 0.2) is 36.0 Å². The molecule has 0 amide bonds. The highest BCUT2D eigenvalue weighted by molar-refractivity contribution is 5.85. The van der Waals surface area contributed by atoms with Crippen molar-refractivity contribution in [3.8, 4) is 0 Å². The molecule has 4 heteroatoms. The van der Waals surface area contributed by atoms with E-state index in [9.17, 15) is 4.79 Å². The van der Waals surface area contributed by atoms with E-state index in [2.05, 4.69) is 5.32 Å². The predicted molar refractivity (Wildman–Crippen MR) is 57.6 cm³/mol. The number of rotatable bonds is 2. The zero-order chi connectivity index (χ0) is 10.8. The van der Waals surface area contributed by atoms with Gasteiger partial charge >= 0.3 is 5.97 Å². The summed E-state index contributed by atoms with van der Waals surface area (Å²) in [6.45, 7) is 0.702. The number of nitrogens with one attached hydrogen (secondary N) is 1. The van der Waals surface area contributed by atoms with E-state index in [0.717, 1.165) is 11.3 Å². The fourth-order valence-corrected chi connectivity index (χ4v) is 1.75. The van der Waals surface area contributed by atoms with Crippen molar-refractivity contribution in [3.63, 3.8) is 0 Å². The molecule has 0 radical (unpaired) electrons. The van der Waals surface area contributed by atoms with Crippen LogP contribution in [0.1, 0.15) is 11.5 Å². The summed E-state index contributed by atoms with van der Waals surface area (Å²) in [7, 11) is 0. The highest BCUT2D eigenvalue weighted by Crippen LogP contribution is 2.31. The standard InChI is InChI=1S/C11H12N2O2/c12-9(11(14)15)5-7-6-13-10-4-2-1-3-8(7)10/h1-5,7,13H,6,12H2,(H,14,15)/b9-5-. The van der Waals surface area contributed by atoms with E-state index in [-0.39, 0.29) is 11.6 Å². The lowest BCUT2D eigenvalue weighted by Gasteiger charge is -2.04. The van der Waals surface area contributed by atoms with Crippen LogP contribution in [0.5, 0.6) is 0 Å². The molecule has 1 unspecified atom stereocenters. The summed E-state index contributed by atoms with van der Waals surface area (Å²) >= 11 is 0. The molecule has 0 fully saturated rings. The van der Waals surface area contributed by atoms with Gasteiger partial charge in [-0.3, -0.25) is 0 Å². The van der Waals surface area contributed by atoms with Gasteiger partial charge in [0.2, 0.25) is 0 Å². The second kappa shape index (κ2) is 3.65. The maximum atomic E-state index is 10.6. The summed E-state index contributed by atoms with van der Waals surface area (Å²) in [5, 5.41) is 11.9. The first-order valence-electron chi connectivity index (χ1n) is 4.72. The summed E-state index contributed by atoms with van der Waals surface area (Å²) in [4.78, 5) is 10.6. The van der Waals surface area contributed by atoms with Crippen molar-refractivity contribution in [2.24, 2.45) is 5.73 Å². The van der Waals surface area contributed by atoms with Gasteiger partial charge in [0.15, 0.2) is 0 Å². The number of hydrogen-bond donors (Lipinski definition) is 3. The Labute approximate surface area is 87.4 Å². The lowest BCUT2D eigenvalue weighted by Crippen LogP contribution is -2.12. The normalized spacial score (nSPS) is 19.5. The molecule has 0 saturated heterocycles. The molecule has 4 N–H and O–H groups in total. The van der Waals surface area contributed by atoms with Gasteiger partial charge in [-0.05, 0) is 17.7 Å². The molecule has 0 aliphatic carbocycles. The number of aliphatic carboxylic acids is 1. The molecule has 4 nitrogen and oxygen atoms in total. The minimum Gasteiger partial charge on any atom is -0.477 e. The van der Waals surface area contributed by atoms with E-state index in [0.29, 0.717) is 6.54 Å². The van der Waals surface area contributed by atoms with Crippen LogP contribution >= 0.6 is 0 Å². The van der Waals surface area contributed by atoms with Gasteiger partial charge in [0.05, 0.1) is 0 Å². The summed E-state index contributed by atoms with van der Waals surface area (Å²) in [5.74, 6) is -1.02. The Bertz CT molecular complexity index is 426. The van der Waals surface area contributed by atoms with Gasteiger partial charge < -0.3 is 16.2 Å². The van der Waals surface area contributed by atoms with Crippen LogP contribution in [0, 0.1) is 0 Å². The predicted octanol–water partition coefficient (Wildman–Crippen LogP) is 1.12. The highest BCUT2D eigenvalue weighted by atomic mass is 16.4. The van der Waals surface area contributed by atoms with Crippen molar-refractivity contribution in [2.45, 2.75) is 5.92 Å². The van der Waals surface area contributed by atoms with Crippen LogP contribution < -0.4 is 11.1 Å². The Morgan fingerprint density at radius 2 is 2.27 bits per heavy atom. The maximum absolute atomic E-state index is 10.6. The first-order chi connectivity index (χ1) is 7.18. The number of benzene rings is 1. The number of carboxylic acids is 1. The Morgan fingerprint density at radius 1 is 1.53 bits per heavy atom. The number of hydrogen-bond acceptors (Lipinski definition) is 3. The molecular weight excluding hydrogens is 192 g/mol. The number of carbonyl (C=O) groups is 1. The van der Waals surface area contributed by atoms with Gasteiger partial charge in [-0.15, -0.1) is 0 Å². The first-order valence-corrected chi connectivity index (χ1v) is 4.72. The van der Waals surface area contributed by atoms with E-state index in [1.807, 2.05) is 24.3 Å². The second-order valence-electron chi connectivity index (χ2n) is 3.50. The van der Waals surface area contributed by atoms with Gasteiger partial charge in [0, 0.05) is 18.2 Å². The molecule has 15 heavy (non-hydrogen) atoms. The largest absolute Gasteiger partial charge is 0.477 e. The maximum Gasteiger partial charge on any atom is 0.351 e. The van der Waals surface area contributed by atoms with Crippen molar-refractivity contribution in [2.75, 3.05) is 11.9 Å². The number of carboxylic acid groups (broad SMARTS) is 1. The van der Waals surface area contributed by atoms with Crippen molar-refractivity contribution < 1.29 is 9.90 Å². The number of para-hydroxylation sites is 1. The van der Waals surface area contributed by atoms with Crippen LogP contribution in [0.25, 0.3) is 0 Å². The summed E-state index contributed by atoms with van der Waals surface area (Å²) in [6, 6.07) is 7.83. The molecule has 1 aliphatic heterocycles. The van der Waals surface area contributed by atoms with Gasteiger partial charge in [0.1, 0.15) is 5.70 Å². The lowest BCUT2D eigenvalue weighted by molar-refractivity contribution is -0.132. The molecule has 2 rings (SSSR count). The number of anilines is 1. The monoisotopic (exact) mass is 204 g/mol. The summed E-state index contributed by atoms with van der Waals surface area (Å²) in [5.41, 5.74) is 7.44. The third-order valence-electron chi connectivity index (χ3n) is 2.50. The third kappa shape index (κ3) is 1.79. The van der Waals surface area contributed by atoms with Crippen molar-refractivity contribution >= 4 is 11.7 Å². The molecule has 1 aromatic rings. The van der Waals surface area contributed by atoms with Crippen molar-refractivity contribution in [3.05, 3.63) is 41.6 Å². The first kappa shape index (κ1) is 9.58. The minimum atomic E-state index is -1.07. The average Bonchev–Trinajstić information content (AvgIpc) is 2.62. The van der Waals surface area contributed by atoms with Crippen LogP contribution in [0.4, 0.5) is 5.69 Å². The Morgan fingerprint density at radius 3 is 3.00 bits per heavy atom. The molecule has 1 heterocycles. The van der Waals surface area contributed by atoms with E-state index >= 15 is 0 Å². The molecule has 0 spiro atoms. The van der Waals surface area contributed by atoms with E-state index in [1.54, 1.807) is 6.08 Å². The van der Waals surface area contributed by atoms with Gasteiger partial charge in [-0.2, -0.15) is 0 Å². The van der Waals surface area contributed by atoms with Gasteiger partial charge in [-0.25, -0.2) is 4.79 Å². The van der Waals surface area contributed by atoms with Crippen LogP contribution in [0.3, 0.4) is 0 Å². The van der Waals surface area contributed by atoms with Gasteiger partial charge in [0.25, 0.3) is 0 Å². The Balaban J connectivity index is 2.28. The molecule has 0 bridgehead atoms. The summed E-state index contributed by atoms with van der Waals surface area (Å²) in [6.07, 6.45) is 1.58. The SMILES string of the molecule is N/C(=C\C1CNc2ccccc21)C(=O)O. The van der Waals surface area contributed by atoms with Crippen LogP contribution in [-0.4, -0.2) is 17.6 Å². The second-order valence-corrected chi connectivity index (χ2v) is 3.50. The van der Waals surface area contributed by atoms with Crippen molar-refractivity contribution in [1.82, 2.24) is 0 Å². The molecule has 1 atom stereocenters. The number of fused-ring (bicyclic) bond motifs is 1. The van der Waals surface area contributed by atoms with Gasteiger partial charge in [-0.1, -0.05) is 18.2 Å². The summed E-state index contributed by atoms with van der Waals surface area (Å²) < 4.78 is 0.